The van der Waals surface area contributed by atoms with Gasteiger partial charge in [0.05, 0.1) is 6.61 Å². The molecule has 0 amide bonds. The van der Waals surface area contributed by atoms with Gasteiger partial charge in [-0.15, -0.1) is 0 Å². The highest BCUT2D eigenvalue weighted by Crippen LogP contribution is 2.60. The van der Waals surface area contributed by atoms with Gasteiger partial charge in [-0.3, -0.25) is 0 Å². The van der Waals surface area contributed by atoms with Crippen LogP contribution in [0.3, 0.4) is 0 Å². The fourth-order valence-corrected chi connectivity index (χ4v) is 4.71. The predicted molar refractivity (Wildman–Crippen MR) is 66.3 cm³/mol. The van der Waals surface area contributed by atoms with E-state index < -0.39 is 0 Å². The lowest BCUT2D eigenvalue weighted by Crippen LogP contribution is -2.28. The van der Waals surface area contributed by atoms with Crippen LogP contribution in [0.1, 0.15) is 39.0 Å². The summed E-state index contributed by atoms with van der Waals surface area (Å²) in [6.45, 7) is 5.98. The van der Waals surface area contributed by atoms with E-state index in [-0.39, 0.29) is 5.97 Å². The van der Waals surface area contributed by atoms with Crippen molar-refractivity contribution < 1.29 is 9.53 Å². The second kappa shape index (κ2) is 4.15. The van der Waals surface area contributed by atoms with Gasteiger partial charge in [-0.1, -0.05) is 13.0 Å². The molecule has 3 aliphatic rings. The van der Waals surface area contributed by atoms with Crippen molar-refractivity contribution in [2.24, 2.45) is 29.6 Å². The Kier molecular flexibility index (Phi) is 2.76. The number of carbonyl (C=O) groups excluding carboxylic acids is 1. The minimum absolute atomic E-state index is 0.212. The number of hydrogen-bond acceptors (Lipinski definition) is 2. The monoisotopic (exact) mass is 234 g/mol. The van der Waals surface area contributed by atoms with Crippen LogP contribution in [0.25, 0.3) is 0 Å². The maximum Gasteiger partial charge on any atom is 0.333 e. The zero-order valence-corrected chi connectivity index (χ0v) is 10.7. The Morgan fingerprint density at radius 1 is 1.24 bits per heavy atom. The molecule has 0 radical (unpaired) electrons. The lowest BCUT2D eigenvalue weighted by molar-refractivity contribution is -0.141. The summed E-state index contributed by atoms with van der Waals surface area (Å²) in [5.74, 6) is 4.21. The molecule has 3 aliphatic carbocycles. The van der Waals surface area contributed by atoms with Gasteiger partial charge in [0.25, 0.3) is 0 Å². The third kappa shape index (κ3) is 1.82. The molecular formula is C15H22O2. The number of esters is 1. The van der Waals surface area contributed by atoms with Crippen LogP contribution in [0.5, 0.6) is 0 Å². The lowest BCUT2D eigenvalue weighted by atomic mass is 9.76. The Balaban J connectivity index is 1.57. The Morgan fingerprint density at radius 2 is 2.00 bits per heavy atom. The first kappa shape index (κ1) is 11.3. The zero-order chi connectivity index (χ0) is 12.0. The molecule has 0 spiro atoms. The van der Waals surface area contributed by atoms with E-state index >= 15 is 0 Å². The fourth-order valence-electron chi connectivity index (χ4n) is 4.71. The van der Waals surface area contributed by atoms with Crippen LogP contribution in [-0.4, -0.2) is 12.6 Å². The molecule has 3 rings (SSSR count). The van der Waals surface area contributed by atoms with Gasteiger partial charge in [0.2, 0.25) is 0 Å². The van der Waals surface area contributed by atoms with Crippen LogP contribution < -0.4 is 0 Å². The van der Waals surface area contributed by atoms with E-state index in [2.05, 4.69) is 6.58 Å². The van der Waals surface area contributed by atoms with Crippen molar-refractivity contribution in [3.8, 4) is 0 Å². The first-order chi connectivity index (χ1) is 8.16. The summed E-state index contributed by atoms with van der Waals surface area (Å²) >= 11 is 0. The van der Waals surface area contributed by atoms with Crippen LogP contribution in [0.2, 0.25) is 0 Å². The highest BCUT2D eigenvalue weighted by Gasteiger charge is 2.53. The summed E-state index contributed by atoms with van der Waals surface area (Å²) < 4.78 is 5.35. The van der Waals surface area contributed by atoms with Gasteiger partial charge in [0, 0.05) is 5.57 Å². The van der Waals surface area contributed by atoms with Crippen molar-refractivity contribution in [3.63, 3.8) is 0 Å². The number of hydrogen-bond donors (Lipinski definition) is 0. The number of fused-ring (bicyclic) bond motifs is 5. The van der Waals surface area contributed by atoms with E-state index in [0.29, 0.717) is 18.1 Å². The summed E-state index contributed by atoms with van der Waals surface area (Å²) in [6.07, 6.45) is 7.03. The molecule has 0 aromatic heterocycles. The van der Waals surface area contributed by atoms with Gasteiger partial charge in [-0.25, -0.2) is 4.79 Å². The van der Waals surface area contributed by atoms with Crippen LogP contribution in [-0.2, 0) is 9.53 Å². The molecule has 0 aromatic rings. The zero-order valence-electron chi connectivity index (χ0n) is 10.7. The molecule has 94 valence electrons. The summed E-state index contributed by atoms with van der Waals surface area (Å²) in [5, 5.41) is 0. The standard InChI is InChI=1S/C15H22O2/c1-9(2)15(16)17-8-11-6-10-7-14(11)13-5-3-4-12(10)13/h10-14H,1,3-8H2,2H3/t10?,11?,12-,13-,14?/m0/s1. The van der Waals surface area contributed by atoms with Gasteiger partial charge in [0.15, 0.2) is 0 Å². The average Bonchev–Trinajstić information content (AvgIpc) is 2.96. The Bertz CT molecular complexity index is 347. The molecule has 0 N–H and O–H groups in total. The van der Waals surface area contributed by atoms with Crippen LogP contribution in [0.15, 0.2) is 12.2 Å². The quantitative estimate of drug-likeness (QED) is 0.554. The first-order valence-electron chi connectivity index (χ1n) is 6.99. The van der Waals surface area contributed by atoms with Crippen molar-refractivity contribution in [2.45, 2.75) is 39.0 Å². The largest absolute Gasteiger partial charge is 0.462 e. The maximum absolute atomic E-state index is 11.4. The summed E-state index contributed by atoms with van der Waals surface area (Å²) in [7, 11) is 0. The molecule has 0 aliphatic heterocycles. The average molecular weight is 234 g/mol. The van der Waals surface area contributed by atoms with E-state index in [1.807, 2.05) is 0 Å². The Morgan fingerprint density at radius 3 is 2.76 bits per heavy atom. The van der Waals surface area contributed by atoms with Gasteiger partial charge >= 0.3 is 5.97 Å². The summed E-state index contributed by atoms with van der Waals surface area (Å²) in [6, 6.07) is 0. The number of ether oxygens (including phenoxy) is 1. The highest BCUT2D eigenvalue weighted by atomic mass is 16.5. The van der Waals surface area contributed by atoms with E-state index in [1.54, 1.807) is 6.92 Å². The minimum Gasteiger partial charge on any atom is -0.462 e. The molecule has 2 nitrogen and oxygen atoms in total. The lowest BCUT2D eigenvalue weighted by Gasteiger charge is -2.31. The Hall–Kier alpha value is -0.790. The van der Waals surface area contributed by atoms with Crippen LogP contribution in [0, 0.1) is 29.6 Å². The molecule has 17 heavy (non-hydrogen) atoms. The summed E-state index contributed by atoms with van der Waals surface area (Å²) in [5.41, 5.74) is 0.520. The molecule has 0 aromatic carbocycles. The normalized spacial score (nSPS) is 42.5. The van der Waals surface area contributed by atoms with Crippen molar-refractivity contribution >= 4 is 5.97 Å². The second-order valence-electron chi connectivity index (χ2n) is 6.29. The maximum atomic E-state index is 11.4. The van der Waals surface area contributed by atoms with E-state index in [1.165, 1.54) is 32.1 Å². The first-order valence-corrected chi connectivity index (χ1v) is 6.99. The van der Waals surface area contributed by atoms with Crippen molar-refractivity contribution in [1.82, 2.24) is 0 Å². The SMILES string of the molecule is C=C(C)C(=O)OCC1CC2CC1[C@H]1CCC[C@@H]21. The Labute approximate surface area is 103 Å². The molecule has 3 unspecified atom stereocenters. The van der Waals surface area contributed by atoms with Crippen molar-refractivity contribution in [3.05, 3.63) is 12.2 Å². The molecule has 2 heteroatoms. The van der Waals surface area contributed by atoms with E-state index in [4.69, 9.17) is 4.74 Å². The molecule has 3 fully saturated rings. The fraction of sp³-hybridized carbons (Fsp3) is 0.800. The van der Waals surface area contributed by atoms with Crippen LogP contribution >= 0.6 is 0 Å². The molecule has 0 heterocycles. The number of rotatable bonds is 3. The van der Waals surface area contributed by atoms with Gasteiger partial charge in [-0.05, 0) is 62.2 Å². The van der Waals surface area contributed by atoms with Crippen molar-refractivity contribution in [2.75, 3.05) is 6.61 Å². The molecule has 5 atom stereocenters. The molecule has 0 saturated heterocycles. The van der Waals surface area contributed by atoms with Crippen LogP contribution in [0.4, 0.5) is 0 Å². The molecule has 2 bridgehead atoms. The van der Waals surface area contributed by atoms with E-state index in [0.717, 1.165) is 23.7 Å². The summed E-state index contributed by atoms with van der Waals surface area (Å²) in [4.78, 5) is 11.4. The number of carbonyl (C=O) groups is 1. The highest BCUT2D eigenvalue weighted by molar-refractivity contribution is 5.86. The van der Waals surface area contributed by atoms with Crippen molar-refractivity contribution in [1.29, 1.82) is 0 Å². The van der Waals surface area contributed by atoms with Gasteiger partial charge < -0.3 is 4.74 Å². The third-order valence-corrected chi connectivity index (χ3v) is 5.34. The van der Waals surface area contributed by atoms with Gasteiger partial charge in [-0.2, -0.15) is 0 Å². The van der Waals surface area contributed by atoms with Gasteiger partial charge in [0.1, 0.15) is 0 Å². The minimum atomic E-state index is -0.212. The predicted octanol–water partition coefficient (Wildman–Crippen LogP) is 3.18. The topological polar surface area (TPSA) is 26.3 Å². The smallest absolute Gasteiger partial charge is 0.333 e. The molecule has 3 saturated carbocycles. The van der Waals surface area contributed by atoms with E-state index in [9.17, 15) is 4.79 Å². The third-order valence-electron chi connectivity index (χ3n) is 5.34. The molecular weight excluding hydrogens is 212 g/mol. The second-order valence-corrected chi connectivity index (χ2v) is 6.29.